The van der Waals surface area contributed by atoms with Gasteiger partial charge in [0.1, 0.15) is 5.75 Å². The molecule has 1 aliphatic carbocycles. The Kier molecular flexibility index (Phi) is 4.71. The standard InChI is InChI=1S/C27H18ClNO6/c1-34-17-6-4-5-14(13-17)22-20-21(26(33)29(25(20)32)16-11-9-15(28)10-12-16)27(35-22)23(30)18-7-2-3-8-19(18)24(27)31/h2-13,20-22H,1H3/t20-,21+,22-/m1/s1. The molecule has 3 atom stereocenters. The fourth-order valence-corrected chi connectivity index (χ4v) is 5.61. The van der Waals surface area contributed by atoms with E-state index in [0.717, 1.165) is 4.90 Å². The number of benzene rings is 3. The molecule has 0 bridgehead atoms. The van der Waals surface area contributed by atoms with Crippen molar-refractivity contribution < 1.29 is 28.7 Å². The molecule has 2 amide bonds. The van der Waals surface area contributed by atoms with E-state index in [1.54, 1.807) is 72.8 Å². The van der Waals surface area contributed by atoms with Crippen LogP contribution in [-0.4, -0.2) is 36.1 Å². The molecule has 3 aromatic rings. The maximum atomic E-state index is 13.8. The molecular formula is C27H18ClNO6. The molecule has 0 saturated carbocycles. The van der Waals surface area contributed by atoms with Crippen molar-refractivity contribution in [1.29, 1.82) is 0 Å². The predicted molar refractivity (Wildman–Crippen MR) is 126 cm³/mol. The van der Waals surface area contributed by atoms with Gasteiger partial charge in [-0.1, -0.05) is 48.0 Å². The van der Waals surface area contributed by atoms with Gasteiger partial charge >= 0.3 is 0 Å². The molecule has 8 heteroatoms. The number of imide groups is 1. The smallest absolute Gasteiger partial charge is 0.241 e. The van der Waals surface area contributed by atoms with Gasteiger partial charge in [-0.05, 0) is 42.0 Å². The number of anilines is 1. The number of amides is 2. The third-order valence-corrected chi connectivity index (χ3v) is 7.28. The van der Waals surface area contributed by atoms with Gasteiger partial charge in [0.05, 0.1) is 30.7 Å². The second-order valence-corrected chi connectivity index (χ2v) is 9.18. The van der Waals surface area contributed by atoms with E-state index in [-0.39, 0.29) is 11.1 Å². The van der Waals surface area contributed by atoms with E-state index in [1.807, 2.05) is 0 Å². The SMILES string of the molecule is COc1cccc([C@H]2OC3(C(=O)c4ccccc4C3=O)[C@@H]3C(=O)N(c4ccc(Cl)cc4)C(=O)[C@@H]23)c1. The Labute approximate surface area is 205 Å². The highest BCUT2D eigenvalue weighted by Gasteiger charge is 2.74. The zero-order valence-electron chi connectivity index (χ0n) is 18.4. The minimum absolute atomic E-state index is 0.188. The quantitative estimate of drug-likeness (QED) is 0.409. The first-order chi connectivity index (χ1) is 16.9. The molecule has 1 spiro atoms. The van der Waals surface area contributed by atoms with Crippen LogP contribution >= 0.6 is 11.6 Å². The van der Waals surface area contributed by atoms with E-state index in [2.05, 4.69) is 0 Å². The average Bonchev–Trinajstić information content (AvgIpc) is 3.45. The maximum absolute atomic E-state index is 13.8. The lowest BCUT2D eigenvalue weighted by Gasteiger charge is -2.27. The molecule has 174 valence electrons. The van der Waals surface area contributed by atoms with Crippen LogP contribution in [0, 0.1) is 11.8 Å². The van der Waals surface area contributed by atoms with E-state index >= 15 is 0 Å². The topological polar surface area (TPSA) is 90.0 Å². The van der Waals surface area contributed by atoms with Crippen LogP contribution in [0.1, 0.15) is 32.4 Å². The van der Waals surface area contributed by atoms with Crippen LogP contribution in [0.2, 0.25) is 5.02 Å². The second kappa shape index (κ2) is 7.60. The summed E-state index contributed by atoms with van der Waals surface area (Å²) < 4.78 is 11.6. The first kappa shape index (κ1) is 21.7. The number of carbonyl (C=O) groups is 4. The van der Waals surface area contributed by atoms with Crippen molar-refractivity contribution in [2.24, 2.45) is 11.8 Å². The fraction of sp³-hybridized carbons (Fsp3) is 0.185. The van der Waals surface area contributed by atoms with E-state index < -0.39 is 46.9 Å². The Morgan fingerprint density at radius 2 is 1.51 bits per heavy atom. The van der Waals surface area contributed by atoms with Crippen LogP contribution in [0.15, 0.2) is 72.8 Å². The predicted octanol–water partition coefficient (Wildman–Crippen LogP) is 4.04. The van der Waals surface area contributed by atoms with Crippen LogP contribution in [-0.2, 0) is 14.3 Å². The van der Waals surface area contributed by atoms with Gasteiger partial charge in [0.25, 0.3) is 0 Å². The number of fused-ring (bicyclic) bond motifs is 3. The van der Waals surface area contributed by atoms with Gasteiger partial charge in [0.15, 0.2) is 0 Å². The molecule has 2 heterocycles. The minimum Gasteiger partial charge on any atom is -0.497 e. The van der Waals surface area contributed by atoms with Crippen molar-refractivity contribution in [2.45, 2.75) is 11.7 Å². The van der Waals surface area contributed by atoms with Crippen molar-refractivity contribution in [1.82, 2.24) is 0 Å². The molecule has 2 aliphatic heterocycles. The van der Waals surface area contributed by atoms with Crippen molar-refractivity contribution in [3.63, 3.8) is 0 Å². The lowest BCUT2D eigenvalue weighted by atomic mass is 9.77. The highest BCUT2D eigenvalue weighted by Crippen LogP contribution is 2.57. The lowest BCUT2D eigenvalue weighted by molar-refractivity contribution is -0.127. The van der Waals surface area contributed by atoms with Gasteiger partial charge in [-0.2, -0.15) is 0 Å². The molecule has 2 saturated heterocycles. The lowest BCUT2D eigenvalue weighted by Crippen LogP contribution is -2.51. The summed E-state index contributed by atoms with van der Waals surface area (Å²) in [5.41, 5.74) is -0.892. The van der Waals surface area contributed by atoms with Crippen LogP contribution in [0.3, 0.4) is 0 Å². The van der Waals surface area contributed by atoms with E-state index in [9.17, 15) is 19.2 Å². The van der Waals surface area contributed by atoms with Gasteiger partial charge in [-0.25, -0.2) is 4.90 Å². The van der Waals surface area contributed by atoms with Crippen molar-refractivity contribution in [3.8, 4) is 5.75 Å². The van der Waals surface area contributed by atoms with Gasteiger partial charge in [0.2, 0.25) is 29.0 Å². The first-order valence-electron chi connectivity index (χ1n) is 11.0. The number of ketones is 2. The molecule has 2 fully saturated rings. The molecule has 3 aromatic carbocycles. The molecule has 6 rings (SSSR count). The normalized spacial score (nSPS) is 24.3. The Bertz CT molecular complexity index is 1400. The number of nitrogens with zero attached hydrogens (tertiary/aromatic N) is 1. The summed E-state index contributed by atoms with van der Waals surface area (Å²) in [5, 5.41) is 0.443. The summed E-state index contributed by atoms with van der Waals surface area (Å²) in [6.07, 6.45) is -1.01. The zero-order chi connectivity index (χ0) is 24.5. The number of ether oxygens (including phenoxy) is 2. The molecule has 0 aromatic heterocycles. The summed E-state index contributed by atoms with van der Waals surface area (Å²) in [5.74, 6) is -4.26. The van der Waals surface area contributed by atoms with Gasteiger partial charge in [-0.15, -0.1) is 0 Å². The monoisotopic (exact) mass is 487 g/mol. The van der Waals surface area contributed by atoms with E-state index in [1.165, 1.54) is 7.11 Å². The van der Waals surface area contributed by atoms with E-state index in [4.69, 9.17) is 21.1 Å². The largest absolute Gasteiger partial charge is 0.497 e. The molecule has 3 aliphatic rings. The summed E-state index contributed by atoms with van der Waals surface area (Å²) >= 11 is 6.00. The molecule has 0 N–H and O–H groups in total. The molecule has 7 nitrogen and oxygen atoms in total. The number of hydrogen-bond donors (Lipinski definition) is 0. The second-order valence-electron chi connectivity index (χ2n) is 8.75. The zero-order valence-corrected chi connectivity index (χ0v) is 19.2. The van der Waals surface area contributed by atoms with Crippen molar-refractivity contribution in [3.05, 3.63) is 94.5 Å². The molecular weight excluding hydrogens is 470 g/mol. The number of hydrogen-bond acceptors (Lipinski definition) is 6. The van der Waals surface area contributed by atoms with Crippen LogP contribution in [0.4, 0.5) is 5.69 Å². The molecule has 0 radical (unpaired) electrons. The molecule has 35 heavy (non-hydrogen) atoms. The average molecular weight is 488 g/mol. The Hall–Kier alpha value is -3.81. The molecule has 0 unspecified atom stereocenters. The third-order valence-electron chi connectivity index (χ3n) is 7.03. The summed E-state index contributed by atoms with van der Waals surface area (Å²) in [4.78, 5) is 56.2. The minimum atomic E-state index is -2.12. The van der Waals surface area contributed by atoms with Crippen molar-refractivity contribution >= 4 is 40.7 Å². The number of halogens is 1. The van der Waals surface area contributed by atoms with Gasteiger partial charge < -0.3 is 9.47 Å². The third kappa shape index (κ3) is 2.82. The maximum Gasteiger partial charge on any atom is 0.241 e. The van der Waals surface area contributed by atoms with Crippen molar-refractivity contribution in [2.75, 3.05) is 12.0 Å². The Morgan fingerprint density at radius 1 is 0.857 bits per heavy atom. The summed E-state index contributed by atoms with van der Waals surface area (Å²) in [6.45, 7) is 0. The van der Waals surface area contributed by atoms with Crippen LogP contribution in [0.5, 0.6) is 5.75 Å². The first-order valence-corrected chi connectivity index (χ1v) is 11.4. The number of Topliss-reactive ketones (excluding diaryl/α,β-unsaturated/α-hetero) is 2. The Balaban J connectivity index is 1.54. The van der Waals surface area contributed by atoms with Gasteiger partial charge in [-0.3, -0.25) is 19.2 Å². The fourth-order valence-electron chi connectivity index (χ4n) is 5.48. The summed E-state index contributed by atoms with van der Waals surface area (Å²) in [6, 6.07) is 19.5. The van der Waals surface area contributed by atoms with Crippen LogP contribution < -0.4 is 9.64 Å². The van der Waals surface area contributed by atoms with E-state index in [0.29, 0.717) is 22.0 Å². The number of carbonyl (C=O) groups excluding carboxylic acids is 4. The highest BCUT2D eigenvalue weighted by atomic mass is 35.5. The summed E-state index contributed by atoms with van der Waals surface area (Å²) in [7, 11) is 1.51. The number of methoxy groups -OCH3 is 1. The van der Waals surface area contributed by atoms with Gasteiger partial charge in [0, 0.05) is 16.1 Å². The van der Waals surface area contributed by atoms with Crippen LogP contribution in [0.25, 0.3) is 0 Å². The Morgan fingerprint density at radius 3 is 2.14 bits per heavy atom. The number of rotatable bonds is 3. The highest BCUT2D eigenvalue weighted by molar-refractivity contribution is 6.37.